The molecule has 100 valence electrons. The van der Waals surface area contributed by atoms with Crippen LogP contribution < -0.4 is 4.74 Å². The summed E-state index contributed by atoms with van der Waals surface area (Å²) in [6, 6.07) is 3.05. The van der Waals surface area contributed by atoms with Gasteiger partial charge in [-0.25, -0.2) is 0 Å². The molecule has 0 fully saturated rings. The SMILES string of the molecule is COc1cc(C(F)(F)F)ccc1-c1nnc(C)nn1. The molecule has 0 aliphatic heterocycles. The number of benzene rings is 1. The van der Waals surface area contributed by atoms with E-state index in [1.165, 1.54) is 13.2 Å². The van der Waals surface area contributed by atoms with Gasteiger partial charge in [-0.3, -0.25) is 0 Å². The summed E-state index contributed by atoms with van der Waals surface area (Å²) in [6.45, 7) is 1.60. The zero-order valence-electron chi connectivity index (χ0n) is 10.1. The van der Waals surface area contributed by atoms with Crippen molar-refractivity contribution in [1.82, 2.24) is 20.4 Å². The first-order valence-electron chi connectivity index (χ1n) is 5.21. The van der Waals surface area contributed by atoms with Crippen LogP contribution in [-0.4, -0.2) is 27.5 Å². The van der Waals surface area contributed by atoms with Gasteiger partial charge in [-0.1, -0.05) is 0 Å². The topological polar surface area (TPSA) is 60.8 Å². The highest BCUT2D eigenvalue weighted by Crippen LogP contribution is 2.35. The van der Waals surface area contributed by atoms with Crippen molar-refractivity contribution in [3.8, 4) is 17.1 Å². The molecule has 0 radical (unpaired) electrons. The maximum Gasteiger partial charge on any atom is 0.416 e. The Balaban J connectivity index is 2.50. The minimum absolute atomic E-state index is 0.0160. The minimum Gasteiger partial charge on any atom is -0.496 e. The molecule has 0 aliphatic rings. The third kappa shape index (κ3) is 2.78. The van der Waals surface area contributed by atoms with Crippen molar-refractivity contribution in [1.29, 1.82) is 0 Å². The molecule has 0 atom stereocenters. The standard InChI is InChI=1S/C11H9F3N4O/c1-6-15-17-10(18-16-6)8-4-3-7(11(12,13)14)5-9(8)19-2/h3-5H,1-2H3. The zero-order valence-corrected chi connectivity index (χ0v) is 10.1. The Kier molecular flexibility index (Phi) is 3.32. The Morgan fingerprint density at radius 2 is 1.68 bits per heavy atom. The number of halogens is 3. The van der Waals surface area contributed by atoms with Crippen LogP contribution in [0.25, 0.3) is 11.4 Å². The number of rotatable bonds is 2. The largest absolute Gasteiger partial charge is 0.496 e. The fraction of sp³-hybridized carbons (Fsp3) is 0.273. The van der Waals surface area contributed by atoms with Crippen LogP contribution in [0.1, 0.15) is 11.4 Å². The van der Waals surface area contributed by atoms with Gasteiger partial charge >= 0.3 is 6.18 Å². The molecule has 1 heterocycles. The van der Waals surface area contributed by atoms with Crippen LogP contribution in [0.2, 0.25) is 0 Å². The van der Waals surface area contributed by atoms with E-state index in [0.717, 1.165) is 12.1 Å². The molecule has 0 N–H and O–H groups in total. The molecule has 0 spiro atoms. The molecule has 0 amide bonds. The average molecular weight is 270 g/mol. The maximum atomic E-state index is 12.6. The van der Waals surface area contributed by atoms with Gasteiger partial charge in [0.25, 0.3) is 0 Å². The van der Waals surface area contributed by atoms with Crippen LogP contribution in [0.3, 0.4) is 0 Å². The normalized spacial score (nSPS) is 11.4. The van der Waals surface area contributed by atoms with Crippen molar-refractivity contribution >= 4 is 0 Å². The lowest BCUT2D eigenvalue weighted by Crippen LogP contribution is -2.06. The van der Waals surface area contributed by atoms with E-state index in [1.54, 1.807) is 6.92 Å². The van der Waals surface area contributed by atoms with E-state index < -0.39 is 11.7 Å². The maximum absolute atomic E-state index is 12.6. The number of aromatic nitrogens is 4. The van der Waals surface area contributed by atoms with Crippen LogP contribution in [0.4, 0.5) is 13.2 Å². The Bertz CT molecular complexity index is 583. The van der Waals surface area contributed by atoms with E-state index in [2.05, 4.69) is 20.4 Å². The number of alkyl halides is 3. The van der Waals surface area contributed by atoms with E-state index in [1.807, 2.05) is 0 Å². The quantitative estimate of drug-likeness (QED) is 0.837. The van der Waals surface area contributed by atoms with Crippen molar-refractivity contribution in [3.63, 3.8) is 0 Å². The molecule has 1 aromatic heterocycles. The second-order valence-electron chi connectivity index (χ2n) is 3.68. The molecular weight excluding hydrogens is 261 g/mol. The number of aryl methyl sites for hydroxylation is 1. The molecule has 0 saturated heterocycles. The van der Waals surface area contributed by atoms with Crippen molar-refractivity contribution in [2.24, 2.45) is 0 Å². The van der Waals surface area contributed by atoms with Crippen molar-refractivity contribution in [2.75, 3.05) is 7.11 Å². The smallest absolute Gasteiger partial charge is 0.416 e. The molecule has 0 aliphatic carbocycles. The molecule has 0 saturated carbocycles. The third-order valence-corrected chi connectivity index (χ3v) is 2.35. The predicted molar refractivity (Wildman–Crippen MR) is 59.3 cm³/mol. The van der Waals surface area contributed by atoms with Gasteiger partial charge in [-0.15, -0.1) is 20.4 Å². The average Bonchev–Trinajstić information content (AvgIpc) is 2.38. The van der Waals surface area contributed by atoms with Gasteiger partial charge in [-0.05, 0) is 25.1 Å². The lowest BCUT2D eigenvalue weighted by atomic mass is 10.1. The van der Waals surface area contributed by atoms with Crippen LogP contribution >= 0.6 is 0 Å². The highest BCUT2D eigenvalue weighted by molar-refractivity contribution is 5.64. The van der Waals surface area contributed by atoms with E-state index in [-0.39, 0.29) is 11.6 Å². The number of ether oxygens (including phenoxy) is 1. The summed E-state index contributed by atoms with van der Waals surface area (Å²) in [7, 11) is 1.27. The first-order valence-corrected chi connectivity index (χ1v) is 5.21. The molecule has 8 heteroatoms. The Morgan fingerprint density at radius 3 is 2.21 bits per heavy atom. The molecule has 1 aromatic carbocycles. The van der Waals surface area contributed by atoms with E-state index in [4.69, 9.17) is 4.74 Å². The van der Waals surface area contributed by atoms with Crippen LogP contribution in [0.5, 0.6) is 5.75 Å². The van der Waals surface area contributed by atoms with Gasteiger partial charge in [0, 0.05) is 0 Å². The lowest BCUT2D eigenvalue weighted by Gasteiger charge is -2.11. The van der Waals surface area contributed by atoms with Crippen molar-refractivity contribution in [2.45, 2.75) is 13.1 Å². The van der Waals surface area contributed by atoms with Gasteiger partial charge < -0.3 is 4.74 Å². The lowest BCUT2D eigenvalue weighted by molar-refractivity contribution is -0.137. The first-order chi connectivity index (χ1) is 8.91. The van der Waals surface area contributed by atoms with Gasteiger partial charge in [0.1, 0.15) is 5.75 Å². The Labute approximate surface area is 106 Å². The summed E-state index contributed by atoms with van der Waals surface area (Å²) in [5, 5.41) is 14.9. The summed E-state index contributed by atoms with van der Waals surface area (Å²) in [5.41, 5.74) is -0.503. The van der Waals surface area contributed by atoms with Crippen molar-refractivity contribution < 1.29 is 17.9 Å². The third-order valence-electron chi connectivity index (χ3n) is 2.35. The number of nitrogens with zero attached hydrogens (tertiary/aromatic N) is 4. The summed E-state index contributed by atoms with van der Waals surface area (Å²) >= 11 is 0. The summed E-state index contributed by atoms with van der Waals surface area (Å²) < 4.78 is 42.7. The molecule has 2 rings (SSSR count). The van der Waals surface area contributed by atoms with Gasteiger partial charge in [0.15, 0.2) is 5.82 Å². The molecule has 0 bridgehead atoms. The first kappa shape index (κ1) is 13.2. The number of methoxy groups -OCH3 is 1. The molecule has 19 heavy (non-hydrogen) atoms. The predicted octanol–water partition coefficient (Wildman–Crippen LogP) is 2.27. The number of hydrogen-bond acceptors (Lipinski definition) is 5. The van der Waals surface area contributed by atoms with Crippen LogP contribution in [-0.2, 0) is 6.18 Å². The second-order valence-corrected chi connectivity index (χ2v) is 3.68. The van der Waals surface area contributed by atoms with Crippen LogP contribution in [0, 0.1) is 6.92 Å². The van der Waals surface area contributed by atoms with Gasteiger partial charge in [0.2, 0.25) is 5.82 Å². The summed E-state index contributed by atoms with van der Waals surface area (Å²) in [6.07, 6.45) is -4.43. The van der Waals surface area contributed by atoms with E-state index >= 15 is 0 Å². The number of hydrogen-bond donors (Lipinski definition) is 0. The highest BCUT2D eigenvalue weighted by atomic mass is 19.4. The fourth-order valence-corrected chi connectivity index (χ4v) is 1.44. The molecule has 5 nitrogen and oxygen atoms in total. The van der Waals surface area contributed by atoms with Crippen LogP contribution in [0.15, 0.2) is 18.2 Å². The van der Waals surface area contributed by atoms with Gasteiger partial charge in [-0.2, -0.15) is 13.2 Å². The van der Waals surface area contributed by atoms with E-state index in [9.17, 15) is 13.2 Å². The van der Waals surface area contributed by atoms with Crippen molar-refractivity contribution in [3.05, 3.63) is 29.6 Å². The molecule has 0 unspecified atom stereocenters. The molecular formula is C11H9F3N4O. The van der Waals surface area contributed by atoms with E-state index in [0.29, 0.717) is 11.4 Å². The van der Waals surface area contributed by atoms with Gasteiger partial charge in [0.05, 0.1) is 18.2 Å². The Hall–Kier alpha value is -2.25. The minimum atomic E-state index is -4.43. The zero-order chi connectivity index (χ0) is 14.0. The molecule has 2 aromatic rings. The summed E-state index contributed by atoms with van der Waals surface area (Å²) in [5.74, 6) is 0.494. The monoisotopic (exact) mass is 270 g/mol. The summed E-state index contributed by atoms with van der Waals surface area (Å²) in [4.78, 5) is 0. The fourth-order valence-electron chi connectivity index (χ4n) is 1.44. The Morgan fingerprint density at radius 1 is 1.05 bits per heavy atom. The second kappa shape index (κ2) is 4.79. The highest BCUT2D eigenvalue weighted by Gasteiger charge is 2.31.